The van der Waals surface area contributed by atoms with Gasteiger partial charge < -0.3 is 4.74 Å². The summed E-state index contributed by atoms with van der Waals surface area (Å²) in [6, 6.07) is 19.1. The fraction of sp³-hybridized carbons (Fsp3) is 0.0833. The summed E-state index contributed by atoms with van der Waals surface area (Å²) in [5, 5.41) is 4.67. The second kappa shape index (κ2) is 8.13. The molecule has 0 fully saturated rings. The molecule has 148 valence electrons. The fourth-order valence-electron chi connectivity index (χ4n) is 3.21. The van der Waals surface area contributed by atoms with Crippen molar-refractivity contribution in [3.05, 3.63) is 90.3 Å². The van der Waals surface area contributed by atoms with Crippen LogP contribution in [0.3, 0.4) is 0 Å². The van der Waals surface area contributed by atoms with Gasteiger partial charge >= 0.3 is 5.97 Å². The van der Waals surface area contributed by atoms with E-state index >= 15 is 0 Å². The van der Waals surface area contributed by atoms with Crippen LogP contribution in [0.1, 0.15) is 12.5 Å². The first-order chi connectivity index (χ1) is 14.5. The minimum atomic E-state index is -1.46. The number of nitrogens with zero attached hydrogens (tertiary/aromatic N) is 2. The van der Waals surface area contributed by atoms with Crippen LogP contribution in [0.5, 0.6) is 0 Å². The lowest BCUT2D eigenvalue weighted by Crippen LogP contribution is -2.34. The Hall–Kier alpha value is -4.06. The molecular formula is C24H18N2O4. The van der Waals surface area contributed by atoms with Crippen LogP contribution < -0.4 is 0 Å². The summed E-state index contributed by atoms with van der Waals surface area (Å²) >= 11 is 0. The summed E-state index contributed by atoms with van der Waals surface area (Å²) < 4.78 is 6.65. The van der Waals surface area contributed by atoms with E-state index in [4.69, 9.17) is 4.74 Å². The zero-order chi connectivity index (χ0) is 21.1. The van der Waals surface area contributed by atoms with Gasteiger partial charge in [-0.3, -0.25) is 14.4 Å². The predicted octanol–water partition coefficient (Wildman–Crippen LogP) is 3.77. The van der Waals surface area contributed by atoms with Crippen LogP contribution in [-0.4, -0.2) is 27.3 Å². The molecule has 1 atom stereocenters. The highest BCUT2D eigenvalue weighted by atomic mass is 16.5. The number of allylic oxidation sites excluding steroid dienone is 3. The van der Waals surface area contributed by atoms with Crippen molar-refractivity contribution in [3.63, 3.8) is 0 Å². The number of ether oxygens (including phenoxy) is 1. The quantitative estimate of drug-likeness (QED) is 0.371. The summed E-state index contributed by atoms with van der Waals surface area (Å²) in [4.78, 5) is 36.6. The molecule has 6 heteroatoms. The van der Waals surface area contributed by atoms with Crippen LogP contribution in [0.4, 0.5) is 0 Å². The first-order valence-corrected chi connectivity index (χ1v) is 9.39. The topological polar surface area (TPSA) is 78.3 Å². The van der Waals surface area contributed by atoms with Gasteiger partial charge in [0.1, 0.15) is 5.76 Å². The Morgan fingerprint density at radius 2 is 1.70 bits per heavy atom. The molecular weight excluding hydrogens is 380 g/mol. The molecule has 0 N–H and O–H groups in total. The maximum absolute atomic E-state index is 12.6. The van der Waals surface area contributed by atoms with Crippen LogP contribution in [0.2, 0.25) is 0 Å². The van der Waals surface area contributed by atoms with Gasteiger partial charge in [-0.25, -0.2) is 4.68 Å². The minimum absolute atomic E-state index is 0.188. The van der Waals surface area contributed by atoms with Gasteiger partial charge in [0, 0.05) is 23.4 Å². The number of aromatic nitrogens is 2. The van der Waals surface area contributed by atoms with Crippen molar-refractivity contribution in [2.45, 2.75) is 6.92 Å². The zero-order valence-electron chi connectivity index (χ0n) is 16.2. The third kappa shape index (κ3) is 3.89. The Bertz CT molecular complexity index is 1170. The van der Waals surface area contributed by atoms with E-state index in [1.807, 2.05) is 60.7 Å². The molecule has 0 saturated carbocycles. The Morgan fingerprint density at radius 1 is 1.03 bits per heavy atom. The first-order valence-electron chi connectivity index (χ1n) is 9.39. The molecule has 1 aliphatic heterocycles. The van der Waals surface area contributed by atoms with Crippen molar-refractivity contribution < 1.29 is 19.1 Å². The van der Waals surface area contributed by atoms with Gasteiger partial charge in [0.15, 0.2) is 17.5 Å². The summed E-state index contributed by atoms with van der Waals surface area (Å²) in [7, 11) is 0. The Kier molecular flexibility index (Phi) is 5.22. The number of benzene rings is 2. The maximum Gasteiger partial charge on any atom is 0.329 e. The van der Waals surface area contributed by atoms with E-state index in [-0.39, 0.29) is 5.76 Å². The van der Waals surface area contributed by atoms with Crippen molar-refractivity contribution in [1.82, 2.24) is 9.78 Å². The summed E-state index contributed by atoms with van der Waals surface area (Å²) in [6.07, 6.45) is 5.77. The maximum atomic E-state index is 12.6. The van der Waals surface area contributed by atoms with Crippen molar-refractivity contribution in [2.24, 2.45) is 5.92 Å². The van der Waals surface area contributed by atoms with Crippen molar-refractivity contribution in [2.75, 3.05) is 0 Å². The highest BCUT2D eigenvalue weighted by Crippen LogP contribution is 2.25. The molecule has 2 heterocycles. The van der Waals surface area contributed by atoms with Gasteiger partial charge in [0.2, 0.25) is 0 Å². The van der Waals surface area contributed by atoms with Crippen molar-refractivity contribution in [1.29, 1.82) is 0 Å². The summed E-state index contributed by atoms with van der Waals surface area (Å²) in [5.41, 5.74) is 3.11. The number of rotatable bonds is 5. The van der Waals surface area contributed by atoms with Gasteiger partial charge in [-0.1, -0.05) is 48.5 Å². The Balaban J connectivity index is 1.69. The molecule has 1 aromatic heterocycles. The van der Waals surface area contributed by atoms with Gasteiger partial charge in [-0.15, -0.1) is 0 Å². The van der Waals surface area contributed by atoms with Gasteiger partial charge in [0.05, 0.1) is 11.4 Å². The van der Waals surface area contributed by atoms with Crippen LogP contribution in [0.25, 0.3) is 23.0 Å². The molecule has 1 aliphatic rings. The van der Waals surface area contributed by atoms with Gasteiger partial charge in [-0.05, 0) is 31.2 Å². The normalized spacial score (nSPS) is 16.4. The van der Waals surface area contributed by atoms with E-state index in [2.05, 4.69) is 5.10 Å². The fourth-order valence-corrected chi connectivity index (χ4v) is 3.21. The van der Waals surface area contributed by atoms with E-state index in [9.17, 15) is 14.4 Å². The smallest absolute Gasteiger partial charge is 0.329 e. The van der Waals surface area contributed by atoms with Crippen LogP contribution in [0, 0.1) is 5.92 Å². The third-order valence-electron chi connectivity index (χ3n) is 4.65. The SMILES string of the molecule is CC1=CC(=O)C(C(=O)/C=C/c2cn(-c3ccccc3)nc2-c2ccccc2)C(=O)O1. The number of carbonyl (C=O) groups excluding carboxylic acids is 3. The van der Waals surface area contributed by atoms with Gasteiger partial charge in [-0.2, -0.15) is 5.10 Å². The Morgan fingerprint density at radius 3 is 2.37 bits per heavy atom. The number of hydrogen-bond donors (Lipinski definition) is 0. The summed E-state index contributed by atoms with van der Waals surface area (Å²) in [5.74, 6) is -3.32. The second-order valence-corrected chi connectivity index (χ2v) is 6.83. The van der Waals surface area contributed by atoms with Gasteiger partial charge in [0.25, 0.3) is 0 Å². The molecule has 30 heavy (non-hydrogen) atoms. The van der Waals surface area contributed by atoms with E-state index in [0.717, 1.165) is 11.3 Å². The highest BCUT2D eigenvalue weighted by molar-refractivity contribution is 6.25. The number of para-hydroxylation sites is 1. The number of ketones is 2. The predicted molar refractivity (Wildman–Crippen MR) is 111 cm³/mol. The average Bonchev–Trinajstić information content (AvgIpc) is 3.17. The number of carbonyl (C=O) groups is 3. The molecule has 6 nitrogen and oxygen atoms in total. The van der Waals surface area contributed by atoms with E-state index in [1.54, 1.807) is 17.0 Å². The van der Waals surface area contributed by atoms with Crippen molar-refractivity contribution in [3.8, 4) is 16.9 Å². The standard InChI is InChI=1S/C24H18N2O4/c1-16-14-21(28)22(24(29)30-16)20(27)13-12-18-15-26(19-10-6-3-7-11-19)25-23(18)17-8-4-2-5-9-17/h2-15,22H,1H3/b13-12+. The Labute approximate surface area is 173 Å². The molecule has 0 radical (unpaired) electrons. The molecule has 2 aromatic carbocycles. The number of hydrogen-bond acceptors (Lipinski definition) is 5. The third-order valence-corrected chi connectivity index (χ3v) is 4.65. The van der Waals surface area contributed by atoms with Crippen LogP contribution >= 0.6 is 0 Å². The van der Waals surface area contributed by atoms with Crippen LogP contribution in [0.15, 0.2) is 84.8 Å². The molecule has 0 saturated heterocycles. The molecule has 0 bridgehead atoms. The lowest BCUT2D eigenvalue weighted by molar-refractivity contribution is -0.151. The minimum Gasteiger partial charge on any atom is -0.430 e. The lowest BCUT2D eigenvalue weighted by atomic mass is 9.95. The van der Waals surface area contributed by atoms with E-state index in [1.165, 1.54) is 19.1 Å². The number of cyclic esters (lactones) is 1. The zero-order valence-corrected chi connectivity index (χ0v) is 16.2. The lowest BCUT2D eigenvalue weighted by Gasteiger charge is -2.15. The summed E-state index contributed by atoms with van der Waals surface area (Å²) in [6.45, 7) is 1.50. The van der Waals surface area contributed by atoms with Crippen molar-refractivity contribution >= 4 is 23.6 Å². The molecule has 4 rings (SSSR count). The second-order valence-electron chi connectivity index (χ2n) is 6.83. The highest BCUT2D eigenvalue weighted by Gasteiger charge is 2.36. The van der Waals surface area contributed by atoms with E-state index < -0.39 is 23.5 Å². The molecule has 0 amide bonds. The molecule has 3 aromatic rings. The first kappa shape index (κ1) is 19.3. The molecule has 0 aliphatic carbocycles. The monoisotopic (exact) mass is 398 g/mol. The number of esters is 1. The largest absolute Gasteiger partial charge is 0.430 e. The molecule has 0 spiro atoms. The average molecular weight is 398 g/mol. The van der Waals surface area contributed by atoms with Crippen LogP contribution in [-0.2, 0) is 19.1 Å². The van der Waals surface area contributed by atoms with E-state index in [0.29, 0.717) is 11.3 Å². The molecule has 1 unspecified atom stereocenters.